The number of H-pyrrole nitrogens is 1. The third kappa shape index (κ3) is 1.91. The summed E-state index contributed by atoms with van der Waals surface area (Å²) in [5.41, 5.74) is -0.777. The Labute approximate surface area is 67.6 Å². The van der Waals surface area contributed by atoms with Crippen LogP contribution in [0.5, 0.6) is 0 Å². The standard InChI is InChI=1S/C7H8N2O3/c1-5(10)4-9-7(12)3-2-6(11)8-9/h2-3H,4H2,1H3,(H,8,11). The molecule has 0 unspecified atom stereocenters. The van der Waals surface area contributed by atoms with Gasteiger partial charge in [-0.05, 0) is 6.92 Å². The van der Waals surface area contributed by atoms with Gasteiger partial charge in [0.2, 0.25) is 0 Å². The molecule has 0 aliphatic heterocycles. The van der Waals surface area contributed by atoms with Crippen molar-refractivity contribution in [3.05, 3.63) is 32.8 Å². The molecule has 0 amide bonds. The summed E-state index contributed by atoms with van der Waals surface area (Å²) < 4.78 is 0.977. The Hall–Kier alpha value is -1.65. The van der Waals surface area contributed by atoms with E-state index in [9.17, 15) is 14.4 Å². The monoisotopic (exact) mass is 168 g/mol. The highest BCUT2D eigenvalue weighted by molar-refractivity contribution is 5.75. The molecule has 1 heterocycles. The lowest BCUT2D eigenvalue weighted by Crippen LogP contribution is -2.30. The fraction of sp³-hybridized carbons (Fsp3) is 0.286. The zero-order chi connectivity index (χ0) is 9.14. The number of carbonyl (C=O) groups excluding carboxylic acids is 1. The van der Waals surface area contributed by atoms with Crippen LogP contribution in [-0.4, -0.2) is 15.6 Å². The Kier molecular flexibility index (Phi) is 2.23. The van der Waals surface area contributed by atoms with Crippen molar-refractivity contribution in [3.8, 4) is 0 Å². The van der Waals surface area contributed by atoms with Gasteiger partial charge in [-0.3, -0.25) is 19.5 Å². The summed E-state index contributed by atoms with van der Waals surface area (Å²) >= 11 is 0. The van der Waals surface area contributed by atoms with Crippen molar-refractivity contribution >= 4 is 5.78 Å². The van der Waals surface area contributed by atoms with Crippen molar-refractivity contribution < 1.29 is 4.79 Å². The SMILES string of the molecule is CC(=O)Cn1[nH]c(=O)ccc1=O. The number of nitrogens with zero attached hydrogens (tertiary/aromatic N) is 1. The van der Waals surface area contributed by atoms with Gasteiger partial charge >= 0.3 is 0 Å². The molecule has 1 rings (SSSR count). The second-order valence-electron chi connectivity index (χ2n) is 2.44. The van der Waals surface area contributed by atoms with Crippen LogP contribution in [0.25, 0.3) is 0 Å². The minimum Gasteiger partial charge on any atom is -0.298 e. The quantitative estimate of drug-likeness (QED) is 0.623. The summed E-state index contributed by atoms with van der Waals surface area (Å²) in [6.45, 7) is 1.26. The van der Waals surface area contributed by atoms with Gasteiger partial charge in [0, 0.05) is 12.1 Å². The van der Waals surface area contributed by atoms with Crippen LogP contribution in [0.15, 0.2) is 21.7 Å². The molecule has 1 aromatic heterocycles. The van der Waals surface area contributed by atoms with Gasteiger partial charge < -0.3 is 0 Å². The summed E-state index contributed by atoms with van der Waals surface area (Å²) in [6.07, 6.45) is 0. The number of ketones is 1. The van der Waals surface area contributed by atoms with E-state index in [1.807, 2.05) is 0 Å². The predicted octanol–water partition coefficient (Wildman–Crippen LogP) is -0.874. The van der Waals surface area contributed by atoms with Crippen LogP contribution in [0, 0.1) is 0 Å². The Balaban J connectivity index is 3.14. The minimum atomic E-state index is -0.393. The number of aromatic amines is 1. The maximum Gasteiger partial charge on any atom is 0.265 e. The smallest absolute Gasteiger partial charge is 0.265 e. The molecule has 0 saturated carbocycles. The van der Waals surface area contributed by atoms with Crippen LogP contribution in [0.1, 0.15) is 6.92 Å². The number of aromatic nitrogens is 2. The van der Waals surface area contributed by atoms with Crippen molar-refractivity contribution in [2.24, 2.45) is 0 Å². The lowest BCUT2D eigenvalue weighted by molar-refractivity contribution is -0.117. The first kappa shape index (κ1) is 8.45. The molecule has 64 valence electrons. The third-order valence-electron chi connectivity index (χ3n) is 1.27. The van der Waals surface area contributed by atoms with Gasteiger partial charge in [-0.15, -0.1) is 0 Å². The molecule has 0 aromatic carbocycles. The molecular weight excluding hydrogens is 160 g/mol. The highest BCUT2D eigenvalue weighted by Gasteiger charge is 1.98. The average molecular weight is 168 g/mol. The molecule has 5 heteroatoms. The molecule has 12 heavy (non-hydrogen) atoms. The maximum absolute atomic E-state index is 10.9. The molecule has 0 fully saturated rings. The van der Waals surface area contributed by atoms with Crippen LogP contribution in [-0.2, 0) is 11.3 Å². The van der Waals surface area contributed by atoms with Crippen LogP contribution in [0.3, 0.4) is 0 Å². The van der Waals surface area contributed by atoms with E-state index in [0.29, 0.717) is 0 Å². The Bertz CT molecular complexity index is 402. The first-order chi connectivity index (χ1) is 5.59. The second kappa shape index (κ2) is 3.17. The fourth-order valence-electron chi connectivity index (χ4n) is 0.802. The van der Waals surface area contributed by atoms with E-state index in [1.165, 1.54) is 6.92 Å². The van der Waals surface area contributed by atoms with Gasteiger partial charge in [0.05, 0.1) is 0 Å². The van der Waals surface area contributed by atoms with Crippen LogP contribution >= 0.6 is 0 Å². The van der Waals surface area contributed by atoms with Crippen molar-refractivity contribution in [3.63, 3.8) is 0 Å². The first-order valence-corrected chi connectivity index (χ1v) is 3.39. The maximum atomic E-state index is 10.9. The molecule has 0 spiro atoms. The summed E-state index contributed by atoms with van der Waals surface area (Å²) in [5, 5.41) is 2.23. The van der Waals surface area contributed by atoms with Gasteiger partial charge in [0.1, 0.15) is 6.54 Å². The Morgan fingerprint density at radius 1 is 1.50 bits per heavy atom. The number of Topliss-reactive ketones (excluding diaryl/α,β-unsaturated/α-hetero) is 1. The fourth-order valence-corrected chi connectivity index (χ4v) is 0.802. The van der Waals surface area contributed by atoms with Crippen LogP contribution in [0.2, 0.25) is 0 Å². The number of hydrogen-bond acceptors (Lipinski definition) is 3. The normalized spacial score (nSPS) is 9.75. The highest BCUT2D eigenvalue weighted by atomic mass is 16.2. The van der Waals surface area contributed by atoms with Crippen molar-refractivity contribution in [2.45, 2.75) is 13.5 Å². The number of carbonyl (C=O) groups is 1. The molecule has 5 nitrogen and oxygen atoms in total. The van der Waals surface area contributed by atoms with E-state index in [2.05, 4.69) is 5.10 Å². The van der Waals surface area contributed by atoms with E-state index >= 15 is 0 Å². The van der Waals surface area contributed by atoms with Gasteiger partial charge in [0.15, 0.2) is 5.78 Å². The van der Waals surface area contributed by atoms with Crippen LogP contribution < -0.4 is 11.1 Å². The van der Waals surface area contributed by atoms with E-state index in [-0.39, 0.29) is 17.9 Å². The Morgan fingerprint density at radius 2 is 2.17 bits per heavy atom. The van der Waals surface area contributed by atoms with E-state index in [0.717, 1.165) is 16.8 Å². The Morgan fingerprint density at radius 3 is 2.75 bits per heavy atom. The second-order valence-corrected chi connectivity index (χ2v) is 2.44. The number of rotatable bonds is 2. The minimum absolute atomic E-state index is 0.0884. The van der Waals surface area contributed by atoms with Gasteiger partial charge in [0.25, 0.3) is 11.1 Å². The van der Waals surface area contributed by atoms with E-state index in [1.54, 1.807) is 0 Å². The number of nitrogens with one attached hydrogen (secondary N) is 1. The third-order valence-corrected chi connectivity index (χ3v) is 1.27. The van der Waals surface area contributed by atoms with Gasteiger partial charge in [-0.25, -0.2) is 4.68 Å². The lowest BCUT2D eigenvalue weighted by atomic mass is 10.4. The lowest BCUT2D eigenvalue weighted by Gasteiger charge is -1.99. The molecule has 0 aliphatic rings. The van der Waals surface area contributed by atoms with Crippen molar-refractivity contribution in [1.29, 1.82) is 0 Å². The molecule has 0 aliphatic carbocycles. The predicted molar refractivity (Wildman–Crippen MR) is 42.0 cm³/mol. The molecule has 1 N–H and O–H groups in total. The van der Waals surface area contributed by atoms with Crippen LogP contribution in [0.4, 0.5) is 0 Å². The van der Waals surface area contributed by atoms with Crippen molar-refractivity contribution in [1.82, 2.24) is 9.78 Å². The zero-order valence-electron chi connectivity index (χ0n) is 6.53. The molecule has 0 saturated heterocycles. The average Bonchev–Trinajstić information content (AvgIpc) is 1.96. The molecule has 0 bridgehead atoms. The van der Waals surface area contributed by atoms with Gasteiger partial charge in [-0.1, -0.05) is 0 Å². The highest BCUT2D eigenvalue weighted by Crippen LogP contribution is 1.73. The van der Waals surface area contributed by atoms with Gasteiger partial charge in [-0.2, -0.15) is 0 Å². The topological polar surface area (TPSA) is 71.9 Å². The largest absolute Gasteiger partial charge is 0.298 e. The van der Waals surface area contributed by atoms with Crippen molar-refractivity contribution in [2.75, 3.05) is 0 Å². The van der Waals surface area contributed by atoms with E-state index in [4.69, 9.17) is 0 Å². The summed E-state index contributed by atoms with van der Waals surface area (Å²) in [7, 11) is 0. The molecule has 0 radical (unpaired) electrons. The molecule has 0 atom stereocenters. The molecule has 1 aromatic rings. The summed E-state index contributed by atoms with van der Waals surface area (Å²) in [4.78, 5) is 32.2. The number of hydrogen-bond donors (Lipinski definition) is 1. The first-order valence-electron chi connectivity index (χ1n) is 3.39. The zero-order valence-corrected chi connectivity index (χ0v) is 6.53. The summed E-state index contributed by atoms with van der Waals surface area (Å²) in [6, 6.07) is 2.25. The summed E-state index contributed by atoms with van der Waals surface area (Å²) in [5.74, 6) is -0.182. The molecular formula is C7H8N2O3. The van der Waals surface area contributed by atoms with E-state index < -0.39 is 5.56 Å².